The lowest BCUT2D eigenvalue weighted by molar-refractivity contribution is 0.0747. The molecule has 0 aliphatic carbocycles. The second-order valence-corrected chi connectivity index (χ2v) is 8.23. The quantitative estimate of drug-likeness (QED) is 0.648. The van der Waals surface area contributed by atoms with Crippen molar-refractivity contribution in [1.82, 2.24) is 14.9 Å². The molecule has 6 nitrogen and oxygen atoms in total. The van der Waals surface area contributed by atoms with E-state index in [9.17, 15) is 9.18 Å². The lowest BCUT2D eigenvalue weighted by Crippen LogP contribution is -2.48. The number of anilines is 2. The van der Waals surface area contributed by atoms with E-state index in [0.29, 0.717) is 18.7 Å². The van der Waals surface area contributed by atoms with E-state index in [4.69, 9.17) is 0 Å². The molecule has 3 aromatic rings. The van der Waals surface area contributed by atoms with Crippen molar-refractivity contribution in [2.75, 3.05) is 49.1 Å². The summed E-state index contributed by atoms with van der Waals surface area (Å²) < 4.78 is 13.2. The number of carbonyl (C=O) groups is 1. The number of rotatable bonds is 3. The molecule has 0 saturated carbocycles. The van der Waals surface area contributed by atoms with Crippen LogP contribution in [0.4, 0.5) is 15.9 Å². The Hall–Kier alpha value is -3.22. The molecular weight excluding hydrogens is 393 g/mol. The minimum atomic E-state index is -0.234. The maximum Gasteiger partial charge on any atom is 0.254 e. The third-order valence-electron chi connectivity index (χ3n) is 6.28. The Balaban J connectivity index is 1.33. The van der Waals surface area contributed by atoms with Gasteiger partial charge in [0, 0.05) is 55.9 Å². The number of fused-ring (bicyclic) bond motifs is 1. The van der Waals surface area contributed by atoms with E-state index in [1.165, 1.54) is 31.4 Å². The Kier molecular flexibility index (Phi) is 5.40. The number of nitrogens with zero attached hydrogens (tertiary/aromatic N) is 5. The molecule has 3 heterocycles. The predicted octanol–water partition coefficient (Wildman–Crippen LogP) is 3.72. The van der Waals surface area contributed by atoms with Gasteiger partial charge < -0.3 is 14.7 Å². The van der Waals surface area contributed by atoms with Crippen LogP contribution in [0.1, 0.15) is 29.6 Å². The largest absolute Gasteiger partial charge is 0.368 e. The lowest BCUT2D eigenvalue weighted by atomic mass is 10.1. The van der Waals surface area contributed by atoms with Crippen molar-refractivity contribution in [3.05, 3.63) is 60.2 Å². The van der Waals surface area contributed by atoms with Gasteiger partial charge in [-0.2, -0.15) is 0 Å². The van der Waals surface area contributed by atoms with Gasteiger partial charge in [0.15, 0.2) is 0 Å². The standard InChI is InChI=1S/C24H26FN5O/c25-19-5-7-20(8-6-19)28-12-14-30(15-13-28)24(31)18-4-9-22-21(16-18)23(27-17-26-22)29-10-2-1-3-11-29/h4-9,16-17H,1-3,10-15H2. The SMILES string of the molecule is O=C(c1ccc2ncnc(N3CCCCC3)c2c1)N1CCN(c2ccc(F)cc2)CC1. The van der Waals surface area contributed by atoms with Crippen molar-refractivity contribution < 1.29 is 9.18 Å². The van der Waals surface area contributed by atoms with Gasteiger partial charge in [-0.3, -0.25) is 4.79 Å². The number of amides is 1. The molecule has 0 spiro atoms. The molecule has 0 radical (unpaired) electrons. The van der Waals surface area contributed by atoms with E-state index >= 15 is 0 Å². The van der Waals surface area contributed by atoms with Crippen LogP contribution in [0.15, 0.2) is 48.8 Å². The highest BCUT2D eigenvalue weighted by atomic mass is 19.1. The molecule has 1 amide bonds. The normalized spacial score (nSPS) is 17.3. The first-order chi connectivity index (χ1) is 15.2. The van der Waals surface area contributed by atoms with E-state index in [0.717, 1.165) is 48.6 Å². The van der Waals surface area contributed by atoms with Gasteiger partial charge in [0.25, 0.3) is 5.91 Å². The number of hydrogen-bond acceptors (Lipinski definition) is 5. The van der Waals surface area contributed by atoms with Gasteiger partial charge >= 0.3 is 0 Å². The summed E-state index contributed by atoms with van der Waals surface area (Å²) in [7, 11) is 0. The zero-order valence-corrected chi connectivity index (χ0v) is 17.5. The summed E-state index contributed by atoms with van der Waals surface area (Å²) in [6.07, 6.45) is 5.21. The molecule has 31 heavy (non-hydrogen) atoms. The van der Waals surface area contributed by atoms with Crippen molar-refractivity contribution in [1.29, 1.82) is 0 Å². The third-order valence-corrected chi connectivity index (χ3v) is 6.28. The molecule has 7 heteroatoms. The van der Waals surface area contributed by atoms with Gasteiger partial charge in [-0.15, -0.1) is 0 Å². The number of benzene rings is 2. The van der Waals surface area contributed by atoms with Crippen LogP contribution >= 0.6 is 0 Å². The maximum atomic E-state index is 13.2. The van der Waals surface area contributed by atoms with Crippen LogP contribution in [0.5, 0.6) is 0 Å². The van der Waals surface area contributed by atoms with Crippen LogP contribution < -0.4 is 9.80 Å². The Morgan fingerprint density at radius 2 is 1.55 bits per heavy atom. The summed E-state index contributed by atoms with van der Waals surface area (Å²) in [5.74, 6) is 0.733. The molecule has 2 aliphatic rings. The summed E-state index contributed by atoms with van der Waals surface area (Å²) >= 11 is 0. The molecule has 1 aromatic heterocycles. The third kappa shape index (κ3) is 4.04. The molecule has 0 unspecified atom stereocenters. The Bertz CT molecular complexity index is 1070. The van der Waals surface area contributed by atoms with Crippen LogP contribution in [0, 0.1) is 5.82 Å². The van der Waals surface area contributed by atoms with E-state index in [1.54, 1.807) is 18.5 Å². The monoisotopic (exact) mass is 419 g/mol. The van der Waals surface area contributed by atoms with Gasteiger partial charge in [-0.05, 0) is 61.7 Å². The van der Waals surface area contributed by atoms with E-state index in [-0.39, 0.29) is 11.7 Å². The predicted molar refractivity (Wildman–Crippen MR) is 120 cm³/mol. The number of piperidine rings is 1. The fourth-order valence-corrected chi connectivity index (χ4v) is 4.54. The van der Waals surface area contributed by atoms with Gasteiger partial charge in [-0.1, -0.05) is 0 Å². The first-order valence-electron chi connectivity index (χ1n) is 11.0. The first-order valence-corrected chi connectivity index (χ1v) is 11.0. The van der Waals surface area contributed by atoms with Crippen molar-refractivity contribution >= 4 is 28.3 Å². The number of aromatic nitrogens is 2. The maximum absolute atomic E-state index is 13.2. The summed E-state index contributed by atoms with van der Waals surface area (Å²) in [6.45, 7) is 4.72. The Morgan fingerprint density at radius 3 is 2.29 bits per heavy atom. The molecule has 0 atom stereocenters. The number of piperazine rings is 1. The van der Waals surface area contributed by atoms with Crippen LogP contribution in [-0.2, 0) is 0 Å². The van der Waals surface area contributed by atoms with Crippen LogP contribution in [-0.4, -0.2) is 60.0 Å². The minimum absolute atomic E-state index is 0.0362. The minimum Gasteiger partial charge on any atom is -0.368 e. The smallest absolute Gasteiger partial charge is 0.254 e. The van der Waals surface area contributed by atoms with E-state index in [1.807, 2.05) is 23.1 Å². The van der Waals surface area contributed by atoms with Crippen LogP contribution in [0.25, 0.3) is 10.9 Å². The van der Waals surface area contributed by atoms with Crippen LogP contribution in [0.3, 0.4) is 0 Å². The van der Waals surface area contributed by atoms with Crippen molar-refractivity contribution in [2.45, 2.75) is 19.3 Å². The average Bonchev–Trinajstić information content (AvgIpc) is 2.84. The number of halogens is 1. The fourth-order valence-electron chi connectivity index (χ4n) is 4.54. The van der Waals surface area contributed by atoms with E-state index in [2.05, 4.69) is 19.8 Å². The van der Waals surface area contributed by atoms with Gasteiger partial charge in [0.1, 0.15) is 18.0 Å². The molecule has 2 aliphatic heterocycles. The summed E-state index contributed by atoms with van der Waals surface area (Å²) in [6, 6.07) is 12.3. The van der Waals surface area contributed by atoms with Crippen LogP contribution in [0.2, 0.25) is 0 Å². The van der Waals surface area contributed by atoms with Gasteiger partial charge in [0.05, 0.1) is 5.52 Å². The summed E-state index contributed by atoms with van der Waals surface area (Å²) in [4.78, 5) is 28.6. The second kappa shape index (κ2) is 8.49. The number of hydrogen-bond donors (Lipinski definition) is 0. The highest BCUT2D eigenvalue weighted by Crippen LogP contribution is 2.27. The zero-order chi connectivity index (χ0) is 21.2. The molecule has 5 rings (SSSR count). The molecule has 2 aromatic carbocycles. The average molecular weight is 420 g/mol. The van der Waals surface area contributed by atoms with Crippen molar-refractivity contribution in [3.63, 3.8) is 0 Å². The topological polar surface area (TPSA) is 52.6 Å². The molecule has 2 fully saturated rings. The van der Waals surface area contributed by atoms with Crippen molar-refractivity contribution in [3.8, 4) is 0 Å². The molecule has 0 bridgehead atoms. The Morgan fingerprint density at radius 1 is 0.806 bits per heavy atom. The fraction of sp³-hybridized carbons (Fsp3) is 0.375. The van der Waals surface area contributed by atoms with E-state index < -0.39 is 0 Å². The highest BCUT2D eigenvalue weighted by Gasteiger charge is 2.23. The number of carbonyl (C=O) groups excluding carboxylic acids is 1. The highest BCUT2D eigenvalue weighted by molar-refractivity contribution is 6.00. The molecular formula is C24H26FN5O. The second-order valence-electron chi connectivity index (χ2n) is 8.23. The summed E-state index contributed by atoms with van der Waals surface area (Å²) in [5, 5.41) is 0.945. The Labute approximate surface area is 181 Å². The molecule has 160 valence electrons. The molecule has 0 N–H and O–H groups in total. The summed E-state index contributed by atoms with van der Waals surface area (Å²) in [5.41, 5.74) is 2.53. The zero-order valence-electron chi connectivity index (χ0n) is 17.5. The lowest BCUT2D eigenvalue weighted by Gasteiger charge is -2.36. The molecule has 2 saturated heterocycles. The van der Waals surface area contributed by atoms with Gasteiger partial charge in [-0.25, -0.2) is 14.4 Å². The first kappa shape index (κ1) is 19.7. The van der Waals surface area contributed by atoms with Gasteiger partial charge in [0.2, 0.25) is 0 Å². The van der Waals surface area contributed by atoms with Crippen molar-refractivity contribution in [2.24, 2.45) is 0 Å².